The van der Waals surface area contributed by atoms with Crippen LogP contribution < -0.4 is 9.62 Å². The van der Waals surface area contributed by atoms with Gasteiger partial charge in [-0.2, -0.15) is 0 Å². The summed E-state index contributed by atoms with van der Waals surface area (Å²) in [5.41, 5.74) is 0.569. The van der Waals surface area contributed by atoms with E-state index in [1.165, 1.54) is 4.90 Å². The molecule has 0 unspecified atom stereocenters. The molecule has 2 amide bonds. The maximum Gasteiger partial charge on any atom is 0.244 e. The molecule has 33 heavy (non-hydrogen) atoms. The van der Waals surface area contributed by atoms with Crippen LogP contribution in [0.2, 0.25) is 0 Å². The highest BCUT2D eigenvalue weighted by molar-refractivity contribution is 7.92. The highest BCUT2D eigenvalue weighted by atomic mass is 32.2. The number of benzene rings is 2. The summed E-state index contributed by atoms with van der Waals surface area (Å²) in [6, 6.07) is 10.7. The van der Waals surface area contributed by atoms with E-state index in [9.17, 15) is 26.8 Å². The summed E-state index contributed by atoms with van der Waals surface area (Å²) < 4.78 is 52.7. The Morgan fingerprint density at radius 2 is 1.70 bits per heavy atom. The van der Waals surface area contributed by atoms with Gasteiger partial charge in [0, 0.05) is 19.2 Å². The minimum Gasteiger partial charge on any atom is -0.354 e. The molecule has 1 atom stereocenters. The fourth-order valence-corrected chi connectivity index (χ4v) is 4.16. The molecule has 0 aliphatic rings. The van der Waals surface area contributed by atoms with Crippen LogP contribution in [0.25, 0.3) is 0 Å². The molecule has 0 radical (unpaired) electrons. The summed E-state index contributed by atoms with van der Waals surface area (Å²) in [5.74, 6) is -3.36. The van der Waals surface area contributed by atoms with E-state index < -0.39 is 40.2 Å². The molecule has 0 spiro atoms. The molecule has 1 N–H and O–H groups in total. The number of carbonyl (C=O) groups excluding carboxylic acids is 2. The molecule has 2 aromatic rings. The van der Waals surface area contributed by atoms with Crippen molar-refractivity contribution in [3.8, 4) is 0 Å². The lowest BCUT2D eigenvalue weighted by atomic mass is 10.1. The molecule has 0 saturated carbocycles. The number of anilines is 1. The van der Waals surface area contributed by atoms with Gasteiger partial charge >= 0.3 is 0 Å². The molecule has 7 nitrogen and oxygen atoms in total. The number of carbonyl (C=O) groups is 2. The summed E-state index contributed by atoms with van der Waals surface area (Å²) in [6.45, 7) is 3.50. The number of amides is 2. The van der Waals surface area contributed by atoms with E-state index in [2.05, 4.69) is 5.32 Å². The van der Waals surface area contributed by atoms with Crippen LogP contribution >= 0.6 is 0 Å². The average Bonchev–Trinajstić information content (AvgIpc) is 2.77. The van der Waals surface area contributed by atoms with Crippen molar-refractivity contribution >= 4 is 27.5 Å². The lowest BCUT2D eigenvalue weighted by Gasteiger charge is -2.32. The maximum atomic E-state index is 13.8. The van der Waals surface area contributed by atoms with Gasteiger partial charge < -0.3 is 10.2 Å². The van der Waals surface area contributed by atoms with Crippen molar-refractivity contribution in [1.82, 2.24) is 10.2 Å². The van der Waals surface area contributed by atoms with Gasteiger partial charge in [-0.3, -0.25) is 13.9 Å². The second-order valence-corrected chi connectivity index (χ2v) is 9.50. The van der Waals surface area contributed by atoms with Crippen molar-refractivity contribution in [2.45, 2.75) is 39.3 Å². The molecular formula is C23H29F2N3O4S. The third-order valence-electron chi connectivity index (χ3n) is 5.00. The van der Waals surface area contributed by atoms with Crippen molar-refractivity contribution < 1.29 is 26.8 Å². The van der Waals surface area contributed by atoms with Gasteiger partial charge in [-0.1, -0.05) is 44.2 Å². The average molecular weight is 482 g/mol. The molecule has 0 saturated heterocycles. The van der Waals surface area contributed by atoms with Gasteiger partial charge in [0.15, 0.2) is 11.6 Å². The molecule has 0 aliphatic heterocycles. The molecule has 0 bridgehead atoms. The first kappa shape index (κ1) is 26.2. The molecule has 0 aromatic heterocycles. The summed E-state index contributed by atoms with van der Waals surface area (Å²) in [5, 5.41) is 2.78. The first-order valence-corrected chi connectivity index (χ1v) is 12.5. The van der Waals surface area contributed by atoms with Gasteiger partial charge in [0.25, 0.3) is 0 Å². The van der Waals surface area contributed by atoms with Crippen LogP contribution in [-0.2, 0) is 26.2 Å². The Hall–Kier alpha value is -3.01. The number of hydrogen-bond donors (Lipinski definition) is 1. The number of hydrogen-bond acceptors (Lipinski definition) is 4. The number of nitrogens with one attached hydrogen (secondary N) is 1. The Morgan fingerprint density at radius 1 is 1.03 bits per heavy atom. The predicted molar refractivity (Wildman–Crippen MR) is 123 cm³/mol. The number of rotatable bonds is 11. The minimum atomic E-state index is -4.02. The quantitative estimate of drug-likeness (QED) is 0.535. The van der Waals surface area contributed by atoms with Crippen LogP contribution in [0.4, 0.5) is 14.5 Å². The molecule has 180 valence electrons. The largest absolute Gasteiger partial charge is 0.354 e. The van der Waals surface area contributed by atoms with Gasteiger partial charge in [0.1, 0.15) is 12.6 Å². The molecule has 2 aromatic carbocycles. The highest BCUT2D eigenvalue weighted by Gasteiger charge is 2.31. The van der Waals surface area contributed by atoms with Crippen LogP contribution in [0, 0.1) is 11.6 Å². The van der Waals surface area contributed by atoms with Crippen molar-refractivity contribution in [3.63, 3.8) is 0 Å². The first-order valence-electron chi connectivity index (χ1n) is 10.6. The zero-order valence-corrected chi connectivity index (χ0v) is 19.7. The van der Waals surface area contributed by atoms with E-state index in [-0.39, 0.29) is 18.1 Å². The second kappa shape index (κ2) is 11.7. The third kappa shape index (κ3) is 7.24. The van der Waals surface area contributed by atoms with Crippen LogP contribution in [0.5, 0.6) is 0 Å². The first-order chi connectivity index (χ1) is 15.6. The smallest absolute Gasteiger partial charge is 0.244 e. The van der Waals surface area contributed by atoms with Gasteiger partial charge in [0.05, 0.1) is 11.9 Å². The Bertz CT molecular complexity index is 1060. The minimum absolute atomic E-state index is 0.0765. The fourth-order valence-electron chi connectivity index (χ4n) is 3.32. The van der Waals surface area contributed by atoms with E-state index in [0.717, 1.165) is 30.0 Å². The van der Waals surface area contributed by atoms with E-state index in [1.54, 1.807) is 31.2 Å². The van der Waals surface area contributed by atoms with Gasteiger partial charge in [-0.15, -0.1) is 0 Å². The molecule has 0 heterocycles. The molecule has 0 aliphatic carbocycles. The Morgan fingerprint density at radius 3 is 2.24 bits per heavy atom. The van der Waals surface area contributed by atoms with Gasteiger partial charge in [-0.25, -0.2) is 17.2 Å². The van der Waals surface area contributed by atoms with E-state index in [4.69, 9.17) is 0 Å². The molecule has 10 heteroatoms. The van der Waals surface area contributed by atoms with Crippen molar-refractivity contribution in [2.24, 2.45) is 0 Å². The number of nitrogens with zero attached hydrogens (tertiary/aromatic N) is 2. The number of halogens is 2. The summed E-state index contributed by atoms with van der Waals surface area (Å²) in [7, 11) is -4.02. The molecule has 0 fully saturated rings. The molecular weight excluding hydrogens is 452 g/mol. The van der Waals surface area contributed by atoms with E-state index >= 15 is 0 Å². The summed E-state index contributed by atoms with van der Waals surface area (Å²) >= 11 is 0. The van der Waals surface area contributed by atoms with Gasteiger partial charge in [-0.05, 0) is 30.5 Å². The van der Waals surface area contributed by atoms with Crippen molar-refractivity contribution in [1.29, 1.82) is 0 Å². The van der Waals surface area contributed by atoms with Crippen molar-refractivity contribution in [2.75, 3.05) is 23.7 Å². The van der Waals surface area contributed by atoms with Crippen LogP contribution in [0.1, 0.15) is 32.3 Å². The lowest BCUT2D eigenvalue weighted by molar-refractivity contribution is -0.140. The topological polar surface area (TPSA) is 86.8 Å². The lowest BCUT2D eigenvalue weighted by Crippen LogP contribution is -2.52. The third-order valence-corrected chi connectivity index (χ3v) is 6.14. The SMILES string of the molecule is CCCNC(=O)[C@H](CC)N(Cc1ccccc1)C(=O)CN(c1ccc(F)c(F)c1)S(C)(=O)=O. The van der Waals surface area contributed by atoms with E-state index in [0.29, 0.717) is 23.7 Å². The van der Waals surface area contributed by atoms with Crippen LogP contribution in [0.15, 0.2) is 48.5 Å². The Kier molecular flexibility index (Phi) is 9.33. The summed E-state index contributed by atoms with van der Waals surface area (Å²) in [6.07, 6.45) is 1.89. The predicted octanol–water partition coefficient (Wildman–Crippen LogP) is 3.06. The van der Waals surface area contributed by atoms with E-state index in [1.807, 2.05) is 13.0 Å². The van der Waals surface area contributed by atoms with Crippen molar-refractivity contribution in [3.05, 3.63) is 65.7 Å². The monoisotopic (exact) mass is 481 g/mol. The normalized spacial score (nSPS) is 12.2. The highest BCUT2D eigenvalue weighted by Crippen LogP contribution is 2.22. The second-order valence-electron chi connectivity index (χ2n) is 7.59. The summed E-state index contributed by atoms with van der Waals surface area (Å²) in [4.78, 5) is 27.5. The molecule has 2 rings (SSSR count). The zero-order valence-electron chi connectivity index (χ0n) is 18.9. The van der Waals surface area contributed by atoms with Crippen LogP contribution in [-0.4, -0.2) is 50.5 Å². The maximum absolute atomic E-state index is 13.8. The Labute approximate surface area is 193 Å². The standard InChI is InChI=1S/C23H29F2N3O4S/c1-4-13-26-23(30)21(5-2)27(15-17-9-7-6-8-10-17)22(29)16-28(33(3,31)32)18-11-12-19(24)20(25)14-18/h6-12,14,21H,4-5,13,15-16H2,1-3H3,(H,26,30)/t21-/m0/s1. The van der Waals surface area contributed by atoms with Gasteiger partial charge in [0.2, 0.25) is 21.8 Å². The fraction of sp³-hybridized carbons (Fsp3) is 0.391. The number of sulfonamides is 1. The Balaban J connectivity index is 2.41. The van der Waals surface area contributed by atoms with Crippen LogP contribution in [0.3, 0.4) is 0 Å². The zero-order chi connectivity index (χ0) is 24.6.